The van der Waals surface area contributed by atoms with Crippen LogP contribution in [0.1, 0.15) is 25.8 Å². The average molecular weight is 452 g/mol. The third kappa shape index (κ3) is 8.70. The number of hydrogen-bond acceptors (Lipinski definition) is 7. The summed E-state index contributed by atoms with van der Waals surface area (Å²) < 4.78 is 0. The molecule has 32 heavy (non-hydrogen) atoms. The lowest BCUT2D eigenvalue weighted by atomic mass is 10.0. The fraction of sp³-hybridized carbons (Fsp3) is 0.450. The van der Waals surface area contributed by atoms with Crippen molar-refractivity contribution in [3.8, 4) is 0 Å². The number of carboxylic acid groups (broad SMARTS) is 2. The van der Waals surface area contributed by atoms with Crippen LogP contribution >= 0.6 is 0 Å². The summed E-state index contributed by atoms with van der Waals surface area (Å²) in [6.45, 7) is 2.37. The molecule has 1 aromatic carbocycles. The summed E-state index contributed by atoms with van der Waals surface area (Å²) >= 11 is 0. The monoisotopic (exact) mass is 452 g/mol. The maximum atomic E-state index is 12.6. The van der Waals surface area contributed by atoms with Crippen molar-refractivity contribution in [2.24, 2.45) is 5.73 Å². The van der Waals surface area contributed by atoms with E-state index < -0.39 is 66.4 Å². The van der Waals surface area contributed by atoms with Crippen molar-refractivity contribution in [2.45, 2.75) is 57.0 Å². The van der Waals surface area contributed by atoms with E-state index in [0.29, 0.717) is 0 Å². The molecule has 0 aliphatic heterocycles. The molecule has 5 unspecified atom stereocenters. The van der Waals surface area contributed by atoms with Gasteiger partial charge in [0.15, 0.2) is 0 Å². The second-order valence-electron chi connectivity index (χ2n) is 7.25. The van der Waals surface area contributed by atoms with Crippen LogP contribution in [0.15, 0.2) is 30.3 Å². The molecule has 0 saturated heterocycles. The smallest absolute Gasteiger partial charge is 0.325 e. The Bertz CT molecular complexity index is 830. The van der Waals surface area contributed by atoms with Crippen molar-refractivity contribution in [3.63, 3.8) is 0 Å². The number of rotatable bonds is 12. The number of carbonyl (C=O) groups is 5. The Hall–Kier alpha value is -3.51. The highest BCUT2D eigenvalue weighted by molar-refractivity contribution is 5.95. The van der Waals surface area contributed by atoms with Crippen molar-refractivity contribution >= 4 is 29.7 Å². The summed E-state index contributed by atoms with van der Waals surface area (Å²) in [4.78, 5) is 59.2. The van der Waals surface area contributed by atoms with E-state index in [9.17, 15) is 29.1 Å². The molecule has 12 nitrogen and oxygen atoms in total. The molecule has 0 bridgehead atoms. The van der Waals surface area contributed by atoms with Gasteiger partial charge in [-0.25, -0.2) is 0 Å². The second kappa shape index (κ2) is 12.4. The molecule has 0 aromatic heterocycles. The zero-order valence-electron chi connectivity index (χ0n) is 17.6. The highest BCUT2D eigenvalue weighted by Crippen LogP contribution is 2.04. The van der Waals surface area contributed by atoms with Crippen LogP contribution in [0, 0.1) is 0 Å². The second-order valence-corrected chi connectivity index (χ2v) is 7.25. The van der Waals surface area contributed by atoms with Crippen LogP contribution in [0.25, 0.3) is 0 Å². The Labute approximate surface area is 184 Å². The van der Waals surface area contributed by atoms with Crippen molar-refractivity contribution in [1.29, 1.82) is 0 Å². The molecular weight excluding hydrogens is 424 g/mol. The molecule has 0 radical (unpaired) electrons. The number of aliphatic hydroxyl groups is 1. The predicted octanol–water partition coefficient (Wildman–Crippen LogP) is -2.03. The fourth-order valence-corrected chi connectivity index (χ4v) is 2.65. The van der Waals surface area contributed by atoms with Crippen LogP contribution in [0.3, 0.4) is 0 Å². The van der Waals surface area contributed by atoms with Crippen LogP contribution < -0.4 is 21.7 Å². The minimum absolute atomic E-state index is 0.165. The van der Waals surface area contributed by atoms with Gasteiger partial charge in [-0.3, -0.25) is 24.0 Å². The number of amides is 3. The van der Waals surface area contributed by atoms with E-state index in [1.54, 1.807) is 30.3 Å². The molecule has 0 saturated carbocycles. The number of carbonyl (C=O) groups excluding carboxylic acids is 3. The van der Waals surface area contributed by atoms with Crippen LogP contribution in [0.5, 0.6) is 0 Å². The summed E-state index contributed by atoms with van der Waals surface area (Å²) in [6.07, 6.45) is -2.09. The van der Waals surface area contributed by atoms with Crippen LogP contribution in [0.2, 0.25) is 0 Å². The Morgan fingerprint density at radius 3 is 2.00 bits per heavy atom. The molecule has 1 rings (SSSR count). The molecule has 12 heteroatoms. The molecule has 0 heterocycles. The Morgan fingerprint density at radius 2 is 1.50 bits per heavy atom. The maximum absolute atomic E-state index is 12.6. The fourth-order valence-electron chi connectivity index (χ4n) is 2.65. The van der Waals surface area contributed by atoms with Gasteiger partial charge in [0, 0.05) is 0 Å². The number of hydrogen-bond donors (Lipinski definition) is 7. The SMILES string of the molecule is CC(NC(=O)C(CC(=O)O)NC(=O)C(NC(=O)C(N)Cc1ccccc1)C(C)O)C(=O)O. The Kier molecular flexibility index (Phi) is 10.3. The van der Waals surface area contributed by atoms with Crippen molar-refractivity contribution in [1.82, 2.24) is 16.0 Å². The van der Waals surface area contributed by atoms with Crippen molar-refractivity contribution in [3.05, 3.63) is 35.9 Å². The van der Waals surface area contributed by atoms with E-state index in [1.807, 2.05) is 0 Å². The summed E-state index contributed by atoms with van der Waals surface area (Å²) in [6, 6.07) is 3.31. The van der Waals surface area contributed by atoms with Gasteiger partial charge in [0.05, 0.1) is 18.6 Å². The summed E-state index contributed by atoms with van der Waals surface area (Å²) in [5, 5.41) is 34.3. The molecule has 176 valence electrons. The van der Waals surface area contributed by atoms with Gasteiger partial charge >= 0.3 is 11.9 Å². The third-order valence-electron chi connectivity index (χ3n) is 4.44. The number of carboxylic acids is 2. The minimum Gasteiger partial charge on any atom is -0.481 e. The van der Waals surface area contributed by atoms with Gasteiger partial charge in [0.25, 0.3) is 0 Å². The van der Waals surface area contributed by atoms with Gasteiger partial charge in [-0.1, -0.05) is 30.3 Å². The molecule has 1 aromatic rings. The van der Waals surface area contributed by atoms with E-state index >= 15 is 0 Å². The Balaban J connectivity index is 2.87. The van der Waals surface area contributed by atoms with Crippen molar-refractivity contribution < 1.29 is 39.3 Å². The van der Waals surface area contributed by atoms with Gasteiger partial charge < -0.3 is 37.0 Å². The third-order valence-corrected chi connectivity index (χ3v) is 4.44. The maximum Gasteiger partial charge on any atom is 0.325 e. The normalized spacial score (nSPS) is 15.4. The van der Waals surface area contributed by atoms with Gasteiger partial charge in [0.2, 0.25) is 17.7 Å². The zero-order chi connectivity index (χ0) is 24.4. The molecule has 5 atom stereocenters. The highest BCUT2D eigenvalue weighted by Gasteiger charge is 2.32. The molecule has 0 spiro atoms. The zero-order valence-corrected chi connectivity index (χ0v) is 17.6. The summed E-state index contributed by atoms with van der Waals surface area (Å²) in [5.74, 6) is -5.62. The lowest BCUT2D eigenvalue weighted by Gasteiger charge is -2.25. The first-order valence-corrected chi connectivity index (χ1v) is 9.75. The first-order valence-electron chi connectivity index (χ1n) is 9.75. The van der Waals surface area contributed by atoms with E-state index in [-0.39, 0.29) is 6.42 Å². The van der Waals surface area contributed by atoms with E-state index in [4.69, 9.17) is 15.9 Å². The van der Waals surface area contributed by atoms with Gasteiger partial charge in [-0.05, 0) is 25.8 Å². The minimum atomic E-state index is -1.64. The lowest BCUT2D eigenvalue weighted by Crippen LogP contribution is -2.60. The van der Waals surface area contributed by atoms with Crippen LogP contribution in [0.4, 0.5) is 0 Å². The molecule has 8 N–H and O–H groups in total. The topological polar surface area (TPSA) is 208 Å². The number of aliphatic carboxylic acids is 2. The van der Waals surface area contributed by atoms with Crippen LogP contribution in [-0.2, 0) is 30.4 Å². The van der Waals surface area contributed by atoms with Gasteiger partial charge in [-0.15, -0.1) is 0 Å². The molecule has 0 aliphatic carbocycles. The number of nitrogens with one attached hydrogen (secondary N) is 3. The molecular formula is C20H28N4O8. The van der Waals surface area contributed by atoms with E-state index in [0.717, 1.165) is 12.5 Å². The van der Waals surface area contributed by atoms with E-state index in [1.165, 1.54) is 6.92 Å². The highest BCUT2D eigenvalue weighted by atomic mass is 16.4. The lowest BCUT2D eigenvalue weighted by molar-refractivity contribution is -0.143. The van der Waals surface area contributed by atoms with Gasteiger partial charge in [-0.2, -0.15) is 0 Å². The first-order chi connectivity index (χ1) is 14.9. The van der Waals surface area contributed by atoms with E-state index in [2.05, 4.69) is 16.0 Å². The molecule has 0 aliphatic rings. The predicted molar refractivity (Wildman–Crippen MR) is 111 cm³/mol. The summed E-state index contributed by atoms with van der Waals surface area (Å²) in [7, 11) is 0. The molecule has 3 amide bonds. The Morgan fingerprint density at radius 1 is 0.906 bits per heavy atom. The van der Waals surface area contributed by atoms with Crippen molar-refractivity contribution in [2.75, 3.05) is 0 Å². The summed E-state index contributed by atoms with van der Waals surface area (Å²) in [5.41, 5.74) is 6.65. The number of aliphatic hydroxyl groups excluding tert-OH is 1. The largest absolute Gasteiger partial charge is 0.481 e. The quantitative estimate of drug-likeness (QED) is 0.186. The first kappa shape index (κ1) is 26.5. The number of nitrogens with two attached hydrogens (primary N) is 1. The standard InChI is InChI=1S/C20H28N4O8/c1-10(20(31)32)22-18(29)14(9-15(26)27)23-19(30)16(11(2)25)24-17(28)13(21)8-12-6-4-3-5-7-12/h3-7,10-11,13-14,16,25H,8-9,21H2,1-2H3,(H,22,29)(H,23,30)(H,24,28)(H,26,27)(H,31,32). The average Bonchev–Trinajstić information content (AvgIpc) is 2.71. The van der Waals surface area contributed by atoms with Gasteiger partial charge in [0.1, 0.15) is 18.1 Å². The molecule has 0 fully saturated rings. The number of benzene rings is 1. The van der Waals surface area contributed by atoms with Crippen LogP contribution in [-0.4, -0.2) is 75.3 Å².